The first-order chi connectivity index (χ1) is 29.5. The number of aromatic carboxylic acids is 1. The molecule has 1 N–H and O–H groups in total. The van der Waals surface area contributed by atoms with E-state index >= 15 is 0 Å². The van der Waals surface area contributed by atoms with Gasteiger partial charge in [0.1, 0.15) is 23.8 Å². The van der Waals surface area contributed by atoms with Crippen molar-refractivity contribution in [1.82, 2.24) is 27.9 Å². The summed E-state index contributed by atoms with van der Waals surface area (Å²) in [7, 11) is 1.58. The number of aryl methyl sites for hydroxylation is 3. The van der Waals surface area contributed by atoms with E-state index in [0.717, 1.165) is 74.3 Å². The molecule has 4 aromatic carbocycles. The van der Waals surface area contributed by atoms with Gasteiger partial charge in [-0.1, -0.05) is 48.5 Å². The Hall–Kier alpha value is -5.45. The number of aromatic nitrogens is 3. The summed E-state index contributed by atoms with van der Waals surface area (Å²) >= 11 is 0. The van der Waals surface area contributed by atoms with Gasteiger partial charge in [0.05, 0.1) is 36.7 Å². The predicted molar refractivity (Wildman–Crippen MR) is 238 cm³/mol. The largest absolute Gasteiger partial charge is 0.494 e. The molecule has 0 radical (unpaired) electrons. The molecule has 0 atom stereocenters. The van der Waals surface area contributed by atoms with E-state index in [1.54, 1.807) is 14.1 Å². The normalized spacial score (nSPS) is 15.6. The van der Waals surface area contributed by atoms with E-state index in [4.69, 9.17) is 19.3 Å². The number of morpholine rings is 1. The molecule has 2 aliphatic rings. The zero-order valence-electron chi connectivity index (χ0n) is 35.4. The van der Waals surface area contributed by atoms with Gasteiger partial charge >= 0.3 is 5.97 Å². The number of carboxylic acids is 1. The maximum Gasteiger partial charge on any atom is 0.352 e. The van der Waals surface area contributed by atoms with Gasteiger partial charge in [-0.25, -0.2) is 4.79 Å². The summed E-state index contributed by atoms with van der Waals surface area (Å²) in [5.41, 5.74) is 6.51. The lowest BCUT2D eigenvalue weighted by atomic mass is 9.98. The van der Waals surface area contributed by atoms with Gasteiger partial charge in [0.15, 0.2) is 0 Å². The molecule has 0 aliphatic carbocycles. The van der Waals surface area contributed by atoms with E-state index in [0.29, 0.717) is 83.4 Å². The second-order valence-corrected chi connectivity index (χ2v) is 18.0. The average molecular weight is 850 g/mol. The van der Waals surface area contributed by atoms with Crippen molar-refractivity contribution in [3.05, 3.63) is 108 Å². The molecule has 2 saturated heterocycles. The second kappa shape index (κ2) is 18.3. The van der Waals surface area contributed by atoms with Crippen LogP contribution in [0, 0.1) is 6.92 Å². The number of hydrogen-bond donors (Lipinski definition) is 1. The first kappa shape index (κ1) is 42.2. The summed E-state index contributed by atoms with van der Waals surface area (Å²) in [6.07, 6.45) is 1.17. The highest BCUT2D eigenvalue weighted by atomic mass is 32.2. The quantitative estimate of drug-likeness (QED) is 0.115. The molecule has 0 unspecified atom stereocenters. The number of carboxylic acid groups (broad SMARTS) is 1. The third-order valence-corrected chi connectivity index (χ3v) is 13.8. The molecule has 2 fully saturated rings. The number of hydrogen-bond acceptors (Lipinski definition) is 9. The number of benzene rings is 4. The number of anilines is 1. The third kappa shape index (κ3) is 8.98. The summed E-state index contributed by atoms with van der Waals surface area (Å²) in [6, 6.07) is 28.3. The summed E-state index contributed by atoms with van der Waals surface area (Å²) in [6.45, 7) is 8.80. The lowest BCUT2D eigenvalue weighted by Crippen LogP contribution is -2.51. The molecule has 0 amide bonds. The van der Waals surface area contributed by atoms with Crippen LogP contribution < -0.4 is 14.4 Å². The molecule has 15 heteroatoms. The Morgan fingerprint density at radius 2 is 1.57 bits per heavy atom. The maximum absolute atomic E-state index is 13.3. The van der Waals surface area contributed by atoms with Gasteiger partial charge in [-0.2, -0.15) is 22.1 Å². The summed E-state index contributed by atoms with van der Waals surface area (Å²) in [5, 5.41) is 18.9. The van der Waals surface area contributed by atoms with E-state index in [1.165, 1.54) is 8.61 Å². The van der Waals surface area contributed by atoms with Gasteiger partial charge in [0.2, 0.25) is 0 Å². The zero-order valence-corrected chi connectivity index (χ0v) is 36.2. The highest BCUT2D eigenvalue weighted by Gasteiger charge is 2.30. The van der Waals surface area contributed by atoms with Crippen LogP contribution in [0.5, 0.6) is 11.5 Å². The fourth-order valence-electron chi connectivity index (χ4n) is 8.70. The number of nitrogens with zero attached hydrogens (tertiary/aromatic N) is 7. The Morgan fingerprint density at radius 3 is 2.30 bits per heavy atom. The molecule has 0 bridgehead atoms. The monoisotopic (exact) mass is 849 g/mol. The number of para-hydroxylation sites is 1. The summed E-state index contributed by atoms with van der Waals surface area (Å²) in [5.74, 6) is 0.527. The molecule has 2 aliphatic heterocycles. The smallest absolute Gasteiger partial charge is 0.352 e. The van der Waals surface area contributed by atoms with Gasteiger partial charge in [0.25, 0.3) is 10.2 Å². The summed E-state index contributed by atoms with van der Waals surface area (Å²) in [4.78, 5) is 17.8. The Bertz CT molecular complexity index is 2610. The van der Waals surface area contributed by atoms with Crippen molar-refractivity contribution in [2.24, 2.45) is 7.05 Å². The molecule has 0 saturated carbocycles. The van der Waals surface area contributed by atoms with Crippen LogP contribution >= 0.6 is 0 Å². The van der Waals surface area contributed by atoms with Crippen LogP contribution in [-0.4, -0.2) is 127 Å². The van der Waals surface area contributed by atoms with Crippen molar-refractivity contribution < 1.29 is 32.5 Å². The topological polar surface area (TPSA) is 135 Å². The third-order valence-electron chi connectivity index (χ3n) is 11.9. The molecule has 8 rings (SSSR count). The first-order valence-electron chi connectivity index (χ1n) is 21.0. The SMILES string of the molecule is Cc1nn(C)c(COc2ccc(N3CCN(S(=O)(=O)N(C)C)CC3)cc2)c1-c1cccc2c(CCCOc3ccc4ccccc4c3)c(C(=O)O)n(CCN3CCOCC3)c12. The van der Waals surface area contributed by atoms with Crippen molar-refractivity contribution in [3.8, 4) is 22.6 Å². The molecule has 0 spiro atoms. The van der Waals surface area contributed by atoms with E-state index in [9.17, 15) is 18.3 Å². The fourth-order valence-corrected chi connectivity index (χ4v) is 9.79. The molecule has 322 valence electrons. The number of carbonyl (C=O) groups is 1. The van der Waals surface area contributed by atoms with Crippen molar-refractivity contribution in [3.63, 3.8) is 0 Å². The predicted octanol–water partition coefficient (Wildman–Crippen LogP) is 6.05. The zero-order chi connectivity index (χ0) is 42.7. The van der Waals surface area contributed by atoms with Crippen LogP contribution in [0.3, 0.4) is 0 Å². The molecule has 61 heavy (non-hydrogen) atoms. The minimum atomic E-state index is -3.44. The lowest BCUT2D eigenvalue weighted by Gasteiger charge is -2.36. The molecule has 4 heterocycles. The van der Waals surface area contributed by atoms with E-state index < -0.39 is 16.2 Å². The van der Waals surface area contributed by atoms with Crippen LogP contribution in [0.15, 0.2) is 84.9 Å². The van der Waals surface area contributed by atoms with E-state index in [1.807, 2.05) is 83.9 Å². The number of ether oxygens (including phenoxy) is 3. The van der Waals surface area contributed by atoms with Crippen LogP contribution in [0.25, 0.3) is 32.8 Å². The Morgan fingerprint density at radius 1 is 0.852 bits per heavy atom. The fraction of sp³-hybridized carbons (Fsp3) is 0.391. The Kier molecular flexibility index (Phi) is 12.6. The van der Waals surface area contributed by atoms with Crippen molar-refractivity contribution in [2.45, 2.75) is 32.9 Å². The second-order valence-electron chi connectivity index (χ2n) is 15.9. The molecular weight excluding hydrogens is 795 g/mol. The molecule has 2 aromatic heterocycles. The Balaban J connectivity index is 1.05. The lowest BCUT2D eigenvalue weighted by molar-refractivity contribution is 0.0362. The van der Waals surface area contributed by atoms with Gasteiger partial charge in [-0.15, -0.1) is 0 Å². The van der Waals surface area contributed by atoms with Crippen LogP contribution in [0.4, 0.5) is 5.69 Å². The highest BCUT2D eigenvalue weighted by Crippen LogP contribution is 2.39. The number of piperazine rings is 1. The molecular formula is C46H55N7O7S. The van der Waals surface area contributed by atoms with E-state index in [2.05, 4.69) is 34.1 Å². The van der Waals surface area contributed by atoms with Gasteiger partial charge in [-0.3, -0.25) is 9.58 Å². The van der Waals surface area contributed by atoms with Crippen LogP contribution in [0.1, 0.15) is 33.9 Å². The van der Waals surface area contributed by atoms with Gasteiger partial charge in [-0.05, 0) is 72.5 Å². The van der Waals surface area contributed by atoms with Crippen LogP contribution in [-0.2, 0) is 41.6 Å². The Labute approximate surface area is 357 Å². The van der Waals surface area contributed by atoms with Crippen LogP contribution in [0.2, 0.25) is 0 Å². The first-order valence-corrected chi connectivity index (χ1v) is 22.4. The number of rotatable bonds is 16. The molecule has 6 aromatic rings. The minimum absolute atomic E-state index is 0.239. The maximum atomic E-state index is 13.3. The summed E-state index contributed by atoms with van der Waals surface area (Å²) < 4.78 is 50.1. The van der Waals surface area contributed by atoms with Crippen molar-refractivity contribution in [1.29, 1.82) is 0 Å². The van der Waals surface area contributed by atoms with Crippen molar-refractivity contribution >= 4 is 43.5 Å². The minimum Gasteiger partial charge on any atom is -0.494 e. The van der Waals surface area contributed by atoms with Gasteiger partial charge < -0.3 is 28.8 Å². The highest BCUT2D eigenvalue weighted by molar-refractivity contribution is 7.86. The number of fused-ring (bicyclic) bond motifs is 2. The van der Waals surface area contributed by atoms with Crippen molar-refractivity contribution in [2.75, 3.05) is 84.6 Å². The van der Waals surface area contributed by atoms with E-state index in [-0.39, 0.29) is 6.61 Å². The molecule has 14 nitrogen and oxygen atoms in total. The van der Waals surface area contributed by atoms with Gasteiger partial charge in [0, 0.05) is 95.7 Å². The average Bonchev–Trinajstić information content (AvgIpc) is 3.75. The standard InChI is InChI=1S/C46H55N7O7S/c1-33-43(42(49(4)47-33)32-60-37-18-15-36(16-19-37)51-21-23-52(24-22-51)61(56,57)48(2)3)41-12-7-11-39-40(13-8-28-59-38-17-14-34-9-5-6-10-35(34)31-38)45(46(54)55)53(44(39)41)25-20-50-26-29-58-30-27-50/h5-7,9-12,14-19,31H,8,13,20-30,32H2,1-4H3,(H,54,55).